The van der Waals surface area contributed by atoms with Gasteiger partial charge >= 0.3 is 5.51 Å². The number of thioether (sulfide) groups is 1. The Labute approximate surface area is 104 Å². The summed E-state index contributed by atoms with van der Waals surface area (Å²) in [6.45, 7) is 4.17. The SMILES string of the molecule is CC(C)CC(CN)C(=O)NCCSC(F)(F)F. The number of carbonyl (C=O) groups excluding carboxylic acids is 1. The Balaban J connectivity index is 3.83. The molecule has 1 amide bonds. The first kappa shape index (κ1) is 16.6. The number of hydrogen-bond acceptors (Lipinski definition) is 3. The van der Waals surface area contributed by atoms with Crippen LogP contribution < -0.4 is 11.1 Å². The van der Waals surface area contributed by atoms with Crippen LogP contribution in [0.2, 0.25) is 0 Å². The Bertz CT molecular complexity index is 234. The minimum Gasteiger partial charge on any atom is -0.355 e. The van der Waals surface area contributed by atoms with Crippen molar-refractivity contribution in [3.63, 3.8) is 0 Å². The van der Waals surface area contributed by atoms with E-state index in [0.29, 0.717) is 12.3 Å². The van der Waals surface area contributed by atoms with E-state index in [2.05, 4.69) is 5.32 Å². The maximum absolute atomic E-state index is 11.8. The number of rotatable bonds is 7. The lowest BCUT2D eigenvalue weighted by Crippen LogP contribution is -2.37. The van der Waals surface area contributed by atoms with Crippen molar-refractivity contribution in [3.05, 3.63) is 0 Å². The molecule has 102 valence electrons. The molecule has 0 bridgehead atoms. The Morgan fingerprint density at radius 1 is 1.41 bits per heavy atom. The molecule has 0 heterocycles. The van der Waals surface area contributed by atoms with E-state index >= 15 is 0 Å². The van der Waals surface area contributed by atoms with E-state index in [1.165, 1.54) is 0 Å². The number of nitrogens with one attached hydrogen (secondary N) is 1. The molecule has 0 aromatic rings. The molecule has 7 heteroatoms. The molecule has 0 aliphatic rings. The zero-order valence-corrected chi connectivity index (χ0v) is 10.8. The zero-order chi connectivity index (χ0) is 13.5. The second-order valence-corrected chi connectivity index (χ2v) is 5.31. The van der Waals surface area contributed by atoms with Gasteiger partial charge in [-0.15, -0.1) is 0 Å². The van der Waals surface area contributed by atoms with Gasteiger partial charge in [0.2, 0.25) is 5.91 Å². The van der Waals surface area contributed by atoms with E-state index in [4.69, 9.17) is 5.73 Å². The van der Waals surface area contributed by atoms with Gasteiger partial charge in [-0.25, -0.2) is 0 Å². The predicted molar refractivity (Wildman–Crippen MR) is 63.5 cm³/mol. The average Bonchev–Trinajstić information content (AvgIpc) is 2.19. The minimum absolute atomic E-state index is 0.0115. The van der Waals surface area contributed by atoms with Crippen LogP contribution in [0.25, 0.3) is 0 Å². The van der Waals surface area contributed by atoms with Crippen LogP contribution in [0.15, 0.2) is 0 Å². The van der Waals surface area contributed by atoms with Crippen molar-refractivity contribution in [2.45, 2.75) is 25.8 Å². The molecule has 0 aliphatic carbocycles. The molecule has 0 radical (unpaired) electrons. The van der Waals surface area contributed by atoms with E-state index in [0.717, 1.165) is 0 Å². The largest absolute Gasteiger partial charge is 0.441 e. The number of alkyl halides is 3. The molecule has 0 aliphatic heterocycles. The van der Waals surface area contributed by atoms with Crippen LogP contribution in [0.3, 0.4) is 0 Å². The highest BCUT2D eigenvalue weighted by Crippen LogP contribution is 2.29. The molecule has 3 N–H and O–H groups in total. The molecule has 1 unspecified atom stereocenters. The summed E-state index contributed by atoms with van der Waals surface area (Å²) in [5, 5.41) is 2.47. The summed E-state index contributed by atoms with van der Waals surface area (Å²) in [5.74, 6) is -0.414. The standard InChI is InChI=1S/C10H19F3N2OS/c1-7(2)5-8(6-14)9(16)15-3-4-17-10(11,12)13/h7-8H,3-6,14H2,1-2H3,(H,15,16). The lowest BCUT2D eigenvalue weighted by Gasteiger charge is -2.16. The monoisotopic (exact) mass is 272 g/mol. The Morgan fingerprint density at radius 3 is 2.41 bits per heavy atom. The van der Waals surface area contributed by atoms with Crippen LogP contribution in [0.4, 0.5) is 13.2 Å². The van der Waals surface area contributed by atoms with Gasteiger partial charge in [-0.1, -0.05) is 13.8 Å². The number of hydrogen-bond donors (Lipinski definition) is 2. The zero-order valence-electron chi connectivity index (χ0n) is 10.0. The fourth-order valence-electron chi connectivity index (χ4n) is 1.36. The van der Waals surface area contributed by atoms with Crippen LogP contribution >= 0.6 is 11.8 Å². The van der Waals surface area contributed by atoms with E-state index in [9.17, 15) is 18.0 Å². The number of nitrogens with two attached hydrogens (primary N) is 1. The second-order valence-electron chi connectivity index (χ2n) is 4.15. The number of carbonyl (C=O) groups is 1. The van der Waals surface area contributed by atoms with Gasteiger partial charge in [-0.2, -0.15) is 13.2 Å². The second kappa shape index (κ2) is 7.81. The molecule has 0 spiro atoms. The van der Waals surface area contributed by atoms with E-state index in [-0.39, 0.29) is 42.4 Å². The summed E-state index contributed by atoms with van der Waals surface area (Å²) in [6, 6.07) is 0. The van der Waals surface area contributed by atoms with Crippen molar-refractivity contribution >= 4 is 17.7 Å². The molecule has 0 aromatic heterocycles. The summed E-state index contributed by atoms with van der Waals surface area (Å²) >= 11 is -0.137. The lowest BCUT2D eigenvalue weighted by atomic mass is 9.96. The Kier molecular flexibility index (Phi) is 7.61. The maximum atomic E-state index is 11.8. The molecule has 0 saturated heterocycles. The van der Waals surface area contributed by atoms with Crippen LogP contribution in [-0.4, -0.2) is 30.3 Å². The number of halogens is 3. The molecule has 0 fully saturated rings. The van der Waals surface area contributed by atoms with Crippen LogP contribution in [0.5, 0.6) is 0 Å². The van der Waals surface area contributed by atoms with Crippen LogP contribution in [-0.2, 0) is 4.79 Å². The summed E-state index contributed by atoms with van der Waals surface area (Å²) in [6.07, 6.45) is 0.648. The summed E-state index contributed by atoms with van der Waals surface area (Å²) < 4.78 is 35.4. The molecule has 17 heavy (non-hydrogen) atoms. The van der Waals surface area contributed by atoms with E-state index < -0.39 is 5.51 Å². The van der Waals surface area contributed by atoms with E-state index in [1.54, 1.807) is 0 Å². The van der Waals surface area contributed by atoms with Gasteiger partial charge in [0.25, 0.3) is 0 Å². The van der Waals surface area contributed by atoms with Crippen molar-refractivity contribution in [2.75, 3.05) is 18.8 Å². The summed E-state index contributed by atoms with van der Waals surface area (Å²) in [7, 11) is 0. The van der Waals surface area contributed by atoms with Gasteiger partial charge in [0.1, 0.15) is 0 Å². The summed E-state index contributed by atoms with van der Waals surface area (Å²) in [4.78, 5) is 11.6. The van der Waals surface area contributed by atoms with E-state index in [1.807, 2.05) is 13.8 Å². The molecule has 0 saturated carbocycles. The molecule has 0 rings (SSSR count). The van der Waals surface area contributed by atoms with Gasteiger partial charge in [0.15, 0.2) is 0 Å². The van der Waals surface area contributed by atoms with Gasteiger partial charge in [-0.05, 0) is 24.1 Å². The third-order valence-corrected chi connectivity index (χ3v) is 2.81. The highest BCUT2D eigenvalue weighted by Gasteiger charge is 2.27. The van der Waals surface area contributed by atoms with Gasteiger partial charge in [0.05, 0.1) is 5.92 Å². The first-order valence-corrected chi connectivity index (χ1v) is 6.43. The Morgan fingerprint density at radius 2 is 2.00 bits per heavy atom. The van der Waals surface area contributed by atoms with Crippen molar-refractivity contribution in [1.82, 2.24) is 5.32 Å². The third-order valence-electron chi connectivity index (χ3n) is 2.08. The molecular formula is C10H19F3N2OS. The lowest BCUT2D eigenvalue weighted by molar-refractivity contribution is -0.125. The minimum atomic E-state index is -4.24. The maximum Gasteiger partial charge on any atom is 0.441 e. The number of amides is 1. The van der Waals surface area contributed by atoms with Gasteiger partial charge in [-0.3, -0.25) is 4.79 Å². The average molecular weight is 272 g/mol. The van der Waals surface area contributed by atoms with Gasteiger partial charge in [0, 0.05) is 18.8 Å². The van der Waals surface area contributed by atoms with Crippen molar-refractivity contribution in [2.24, 2.45) is 17.6 Å². The fraction of sp³-hybridized carbons (Fsp3) is 0.900. The Hall–Kier alpha value is -0.430. The van der Waals surface area contributed by atoms with Crippen molar-refractivity contribution in [3.8, 4) is 0 Å². The van der Waals surface area contributed by atoms with Crippen LogP contribution in [0.1, 0.15) is 20.3 Å². The summed E-state index contributed by atoms with van der Waals surface area (Å²) in [5.41, 5.74) is 1.21. The molecule has 0 aromatic carbocycles. The smallest absolute Gasteiger partial charge is 0.355 e. The van der Waals surface area contributed by atoms with Gasteiger partial charge < -0.3 is 11.1 Å². The highest BCUT2D eigenvalue weighted by molar-refractivity contribution is 8.00. The molecule has 1 atom stereocenters. The molecular weight excluding hydrogens is 253 g/mol. The topological polar surface area (TPSA) is 55.1 Å². The van der Waals surface area contributed by atoms with Crippen LogP contribution in [0, 0.1) is 11.8 Å². The molecule has 3 nitrogen and oxygen atoms in total. The third kappa shape index (κ3) is 9.29. The fourth-order valence-corrected chi connectivity index (χ4v) is 1.80. The normalized spacial score (nSPS) is 13.8. The quantitative estimate of drug-likeness (QED) is 0.697. The first-order chi connectivity index (χ1) is 7.76. The predicted octanol–water partition coefficient (Wildman–Crippen LogP) is 1.98. The highest BCUT2D eigenvalue weighted by atomic mass is 32.2. The van der Waals surface area contributed by atoms with Crippen molar-refractivity contribution < 1.29 is 18.0 Å². The first-order valence-electron chi connectivity index (χ1n) is 5.44. The van der Waals surface area contributed by atoms with Crippen molar-refractivity contribution in [1.29, 1.82) is 0 Å².